The molecule has 1 heterocycles. The van der Waals surface area contributed by atoms with Crippen LogP contribution in [0.25, 0.3) is 10.9 Å². The molecule has 3 heteroatoms. The fourth-order valence-electron chi connectivity index (χ4n) is 1.96. The summed E-state index contributed by atoms with van der Waals surface area (Å²) in [5.41, 5.74) is 2.28. The zero-order valence-electron chi connectivity index (χ0n) is 9.48. The van der Waals surface area contributed by atoms with E-state index in [0.29, 0.717) is 16.1 Å². The van der Waals surface area contributed by atoms with E-state index in [4.69, 9.17) is 11.6 Å². The highest BCUT2D eigenvalue weighted by molar-refractivity contribution is 6.30. The van der Waals surface area contributed by atoms with E-state index in [1.807, 2.05) is 30.5 Å². The third kappa shape index (κ3) is 1.91. The summed E-state index contributed by atoms with van der Waals surface area (Å²) >= 11 is 5.81. The molecular formula is C15H10ClNO. The minimum atomic E-state index is 0.00293. The number of aromatic nitrogens is 1. The Kier molecular flexibility index (Phi) is 2.65. The van der Waals surface area contributed by atoms with Crippen molar-refractivity contribution in [1.29, 1.82) is 0 Å². The van der Waals surface area contributed by atoms with Crippen molar-refractivity contribution in [2.75, 3.05) is 0 Å². The molecular weight excluding hydrogens is 246 g/mol. The zero-order chi connectivity index (χ0) is 12.5. The SMILES string of the molecule is O=C(c1ccc(Cl)cc1)c1ccc2cc[nH]c2c1. The number of halogens is 1. The predicted molar refractivity (Wildman–Crippen MR) is 73.2 cm³/mol. The van der Waals surface area contributed by atoms with Crippen LogP contribution >= 0.6 is 11.6 Å². The molecule has 0 radical (unpaired) electrons. The lowest BCUT2D eigenvalue weighted by atomic mass is 10.0. The molecule has 3 rings (SSSR count). The van der Waals surface area contributed by atoms with Crippen molar-refractivity contribution in [3.63, 3.8) is 0 Å². The summed E-state index contributed by atoms with van der Waals surface area (Å²) in [6.45, 7) is 0. The second-order valence-electron chi connectivity index (χ2n) is 4.12. The number of rotatable bonds is 2. The lowest BCUT2D eigenvalue weighted by Gasteiger charge is -2.01. The van der Waals surface area contributed by atoms with Gasteiger partial charge in [0.1, 0.15) is 0 Å². The number of aromatic amines is 1. The number of H-pyrrole nitrogens is 1. The van der Waals surface area contributed by atoms with E-state index in [2.05, 4.69) is 4.98 Å². The molecule has 0 amide bonds. The Balaban J connectivity index is 2.03. The van der Waals surface area contributed by atoms with Gasteiger partial charge in [-0.25, -0.2) is 0 Å². The lowest BCUT2D eigenvalue weighted by Crippen LogP contribution is -2.00. The van der Waals surface area contributed by atoms with Gasteiger partial charge < -0.3 is 4.98 Å². The van der Waals surface area contributed by atoms with E-state index in [0.717, 1.165) is 10.9 Å². The topological polar surface area (TPSA) is 32.9 Å². The van der Waals surface area contributed by atoms with Crippen molar-refractivity contribution in [2.45, 2.75) is 0 Å². The summed E-state index contributed by atoms with van der Waals surface area (Å²) in [6.07, 6.45) is 1.86. The molecule has 3 aromatic rings. The largest absolute Gasteiger partial charge is 0.361 e. The Bertz CT molecular complexity index is 713. The normalized spacial score (nSPS) is 10.7. The van der Waals surface area contributed by atoms with Crippen LogP contribution in [0.5, 0.6) is 0 Å². The van der Waals surface area contributed by atoms with Gasteiger partial charge in [0.05, 0.1) is 0 Å². The standard InChI is InChI=1S/C15H10ClNO/c16-13-5-3-11(4-6-13)15(18)12-2-1-10-7-8-17-14(10)9-12/h1-9,17H. The van der Waals surface area contributed by atoms with Crippen molar-refractivity contribution in [3.05, 3.63) is 70.9 Å². The van der Waals surface area contributed by atoms with Gasteiger partial charge in [-0.2, -0.15) is 0 Å². The highest BCUT2D eigenvalue weighted by atomic mass is 35.5. The van der Waals surface area contributed by atoms with Gasteiger partial charge in [-0.05, 0) is 41.8 Å². The number of carbonyl (C=O) groups excluding carboxylic acids is 1. The second kappa shape index (κ2) is 4.31. The van der Waals surface area contributed by atoms with E-state index >= 15 is 0 Å². The van der Waals surface area contributed by atoms with E-state index in [1.165, 1.54) is 0 Å². The molecule has 1 aromatic heterocycles. The molecule has 0 saturated heterocycles. The van der Waals surface area contributed by atoms with Gasteiger partial charge in [0, 0.05) is 27.9 Å². The van der Waals surface area contributed by atoms with Crippen molar-refractivity contribution in [2.24, 2.45) is 0 Å². The number of fused-ring (bicyclic) bond motifs is 1. The molecule has 88 valence electrons. The maximum Gasteiger partial charge on any atom is 0.193 e. The molecule has 0 aliphatic heterocycles. The van der Waals surface area contributed by atoms with E-state index in [-0.39, 0.29) is 5.78 Å². The number of ketones is 1. The van der Waals surface area contributed by atoms with Crippen LogP contribution in [0.1, 0.15) is 15.9 Å². The Hall–Kier alpha value is -2.06. The highest BCUT2D eigenvalue weighted by Crippen LogP contribution is 2.18. The molecule has 18 heavy (non-hydrogen) atoms. The minimum Gasteiger partial charge on any atom is -0.361 e. The van der Waals surface area contributed by atoms with Crippen LogP contribution < -0.4 is 0 Å². The quantitative estimate of drug-likeness (QED) is 0.689. The van der Waals surface area contributed by atoms with Gasteiger partial charge in [0.2, 0.25) is 0 Å². The summed E-state index contributed by atoms with van der Waals surface area (Å²) < 4.78 is 0. The fraction of sp³-hybridized carbons (Fsp3) is 0. The number of hydrogen-bond donors (Lipinski definition) is 1. The van der Waals surface area contributed by atoms with Crippen LogP contribution in [0.3, 0.4) is 0 Å². The smallest absolute Gasteiger partial charge is 0.193 e. The van der Waals surface area contributed by atoms with Crippen molar-refractivity contribution in [3.8, 4) is 0 Å². The molecule has 0 unspecified atom stereocenters. The van der Waals surface area contributed by atoms with E-state index in [9.17, 15) is 4.79 Å². The monoisotopic (exact) mass is 255 g/mol. The molecule has 0 saturated carbocycles. The molecule has 0 aliphatic rings. The number of benzene rings is 2. The summed E-state index contributed by atoms with van der Waals surface area (Å²) in [6, 6.07) is 14.6. The first kappa shape index (κ1) is 11.1. The molecule has 0 atom stereocenters. The van der Waals surface area contributed by atoms with Crippen LogP contribution in [0, 0.1) is 0 Å². The molecule has 0 spiro atoms. The van der Waals surface area contributed by atoms with Crippen LogP contribution in [-0.2, 0) is 0 Å². The maximum absolute atomic E-state index is 12.3. The molecule has 0 bridgehead atoms. The first-order valence-electron chi connectivity index (χ1n) is 5.61. The zero-order valence-corrected chi connectivity index (χ0v) is 10.2. The van der Waals surface area contributed by atoms with Crippen LogP contribution in [0.2, 0.25) is 5.02 Å². The van der Waals surface area contributed by atoms with Gasteiger partial charge in [-0.3, -0.25) is 4.79 Å². The Morgan fingerprint density at radius 3 is 2.44 bits per heavy atom. The Labute approximate surface area is 109 Å². The predicted octanol–water partition coefficient (Wildman–Crippen LogP) is 4.05. The summed E-state index contributed by atoms with van der Waals surface area (Å²) in [4.78, 5) is 15.4. The summed E-state index contributed by atoms with van der Waals surface area (Å²) in [5, 5.41) is 1.73. The Morgan fingerprint density at radius 1 is 0.944 bits per heavy atom. The van der Waals surface area contributed by atoms with E-state index in [1.54, 1.807) is 24.3 Å². The van der Waals surface area contributed by atoms with Gasteiger partial charge >= 0.3 is 0 Å². The Morgan fingerprint density at radius 2 is 1.67 bits per heavy atom. The summed E-state index contributed by atoms with van der Waals surface area (Å²) in [5.74, 6) is 0.00293. The third-order valence-electron chi connectivity index (χ3n) is 2.92. The highest BCUT2D eigenvalue weighted by Gasteiger charge is 2.09. The van der Waals surface area contributed by atoms with Crippen molar-refractivity contribution >= 4 is 28.3 Å². The average molecular weight is 256 g/mol. The molecule has 0 aliphatic carbocycles. The molecule has 1 N–H and O–H groups in total. The number of hydrogen-bond acceptors (Lipinski definition) is 1. The fourth-order valence-corrected chi connectivity index (χ4v) is 2.08. The van der Waals surface area contributed by atoms with Crippen molar-refractivity contribution < 1.29 is 4.79 Å². The minimum absolute atomic E-state index is 0.00293. The molecule has 2 nitrogen and oxygen atoms in total. The first-order valence-corrected chi connectivity index (χ1v) is 5.99. The summed E-state index contributed by atoms with van der Waals surface area (Å²) in [7, 11) is 0. The number of nitrogens with one attached hydrogen (secondary N) is 1. The third-order valence-corrected chi connectivity index (χ3v) is 3.18. The van der Waals surface area contributed by atoms with Gasteiger partial charge in [-0.15, -0.1) is 0 Å². The van der Waals surface area contributed by atoms with E-state index < -0.39 is 0 Å². The molecule has 2 aromatic carbocycles. The molecule has 0 fully saturated rings. The average Bonchev–Trinajstić information content (AvgIpc) is 2.86. The first-order chi connectivity index (χ1) is 8.74. The second-order valence-corrected chi connectivity index (χ2v) is 4.55. The number of carbonyl (C=O) groups is 1. The van der Waals surface area contributed by atoms with Crippen LogP contribution in [0.15, 0.2) is 54.7 Å². The maximum atomic E-state index is 12.3. The van der Waals surface area contributed by atoms with Crippen molar-refractivity contribution in [1.82, 2.24) is 4.98 Å². The lowest BCUT2D eigenvalue weighted by molar-refractivity contribution is 0.103. The van der Waals surface area contributed by atoms with Crippen LogP contribution in [-0.4, -0.2) is 10.8 Å². The van der Waals surface area contributed by atoms with Crippen LogP contribution in [0.4, 0.5) is 0 Å². The van der Waals surface area contributed by atoms with Gasteiger partial charge in [-0.1, -0.05) is 23.7 Å². The van der Waals surface area contributed by atoms with Gasteiger partial charge in [0.15, 0.2) is 5.78 Å². The van der Waals surface area contributed by atoms with Gasteiger partial charge in [0.25, 0.3) is 0 Å².